The van der Waals surface area contributed by atoms with Crippen molar-refractivity contribution in [2.75, 3.05) is 7.11 Å². The molecule has 2 fully saturated rings. The number of H-pyrrole nitrogens is 1. The minimum atomic E-state index is -0.703. The molecule has 4 rings (SSSR count). The van der Waals surface area contributed by atoms with E-state index in [2.05, 4.69) is 36.0 Å². The highest BCUT2D eigenvalue weighted by Gasteiger charge is 2.56. The maximum Gasteiger partial charge on any atom is 0.407 e. The molecule has 2 aromatic rings. The van der Waals surface area contributed by atoms with Crippen LogP contribution < -0.4 is 10.9 Å². The summed E-state index contributed by atoms with van der Waals surface area (Å²) in [6.07, 6.45) is 1.05. The van der Waals surface area contributed by atoms with Gasteiger partial charge in [0.1, 0.15) is 11.9 Å². The van der Waals surface area contributed by atoms with E-state index in [1.807, 2.05) is 13.8 Å². The quantitative estimate of drug-likeness (QED) is 0.726. The average molecular weight is 463 g/mol. The number of nitrogens with one attached hydrogen (secondary N) is 2. The normalized spacial score (nSPS) is 23.8. The minimum Gasteiger partial charge on any atom is -0.453 e. The summed E-state index contributed by atoms with van der Waals surface area (Å²) in [5.74, 6) is 0.608. The lowest BCUT2D eigenvalue weighted by atomic mass is 10.0. The van der Waals surface area contributed by atoms with Gasteiger partial charge in [-0.25, -0.2) is 9.78 Å². The Morgan fingerprint density at radius 1 is 1.34 bits per heavy atom. The zero-order valence-corrected chi connectivity index (χ0v) is 18.0. The fourth-order valence-corrected chi connectivity index (χ4v) is 4.52. The van der Waals surface area contributed by atoms with Crippen molar-refractivity contribution in [2.24, 2.45) is 11.8 Å². The number of nitrogens with zero attached hydrogens (tertiary/aromatic N) is 2. The van der Waals surface area contributed by atoms with Crippen molar-refractivity contribution in [3.63, 3.8) is 0 Å². The second-order valence-electron chi connectivity index (χ2n) is 8.03. The van der Waals surface area contributed by atoms with Crippen molar-refractivity contribution in [3.05, 3.63) is 38.9 Å². The second-order valence-corrected chi connectivity index (χ2v) is 8.95. The molecule has 2 N–H and O–H groups in total. The summed E-state index contributed by atoms with van der Waals surface area (Å²) in [7, 11) is 1.27. The molecule has 1 unspecified atom stereocenters. The number of fused-ring (bicyclic) bond motifs is 2. The molecule has 1 aliphatic carbocycles. The number of piperidine rings is 1. The van der Waals surface area contributed by atoms with Crippen LogP contribution in [0.15, 0.2) is 27.5 Å². The van der Waals surface area contributed by atoms with Crippen LogP contribution in [0.3, 0.4) is 0 Å². The van der Waals surface area contributed by atoms with Gasteiger partial charge in [-0.3, -0.25) is 9.59 Å². The van der Waals surface area contributed by atoms with Crippen molar-refractivity contribution in [1.29, 1.82) is 0 Å². The Morgan fingerprint density at radius 3 is 2.79 bits per heavy atom. The maximum absolute atomic E-state index is 13.4. The van der Waals surface area contributed by atoms with Crippen LogP contribution in [0, 0.1) is 11.8 Å². The van der Waals surface area contributed by atoms with Crippen molar-refractivity contribution >= 4 is 38.8 Å². The van der Waals surface area contributed by atoms with Crippen LogP contribution in [-0.4, -0.2) is 46.1 Å². The van der Waals surface area contributed by atoms with E-state index in [0.717, 1.165) is 17.3 Å². The lowest BCUT2D eigenvalue weighted by Crippen LogP contribution is -2.52. The lowest BCUT2D eigenvalue weighted by molar-refractivity contribution is -0.136. The molecular weight excluding hydrogens is 440 g/mol. The first-order valence-corrected chi connectivity index (χ1v) is 10.5. The van der Waals surface area contributed by atoms with Crippen molar-refractivity contribution in [1.82, 2.24) is 20.2 Å². The first-order chi connectivity index (χ1) is 13.8. The fourth-order valence-electron chi connectivity index (χ4n) is 4.17. The van der Waals surface area contributed by atoms with Gasteiger partial charge in [-0.1, -0.05) is 29.8 Å². The number of aromatic amines is 1. The summed E-state index contributed by atoms with van der Waals surface area (Å²) >= 11 is 3.41. The first kappa shape index (κ1) is 19.9. The summed E-state index contributed by atoms with van der Waals surface area (Å²) in [6, 6.07) is 4.42. The first-order valence-electron chi connectivity index (χ1n) is 9.66. The molecule has 2 aliphatic rings. The van der Waals surface area contributed by atoms with Crippen molar-refractivity contribution in [2.45, 2.75) is 44.8 Å². The molecule has 1 aromatic heterocycles. The number of aromatic nitrogens is 2. The Kier molecular flexibility index (Phi) is 5.10. The molecule has 1 saturated carbocycles. The molecule has 2 heterocycles. The molecule has 1 aliphatic heterocycles. The number of benzene rings is 1. The summed E-state index contributed by atoms with van der Waals surface area (Å²) in [5.41, 5.74) is 0.359. The third-order valence-corrected chi connectivity index (χ3v) is 6.25. The van der Waals surface area contributed by atoms with Gasteiger partial charge in [0.2, 0.25) is 5.91 Å². The van der Waals surface area contributed by atoms with Gasteiger partial charge in [-0.05, 0) is 42.9 Å². The average Bonchev–Trinajstić information content (AvgIpc) is 3.34. The number of carbonyl (C=O) groups is 2. The van der Waals surface area contributed by atoms with E-state index in [-0.39, 0.29) is 29.5 Å². The molecule has 8 nitrogen and oxygen atoms in total. The van der Waals surface area contributed by atoms with Gasteiger partial charge in [0.25, 0.3) is 5.56 Å². The van der Waals surface area contributed by atoms with Crippen molar-refractivity contribution in [3.8, 4) is 0 Å². The van der Waals surface area contributed by atoms with Gasteiger partial charge in [0, 0.05) is 10.5 Å². The van der Waals surface area contributed by atoms with Crippen LogP contribution in [0.4, 0.5) is 4.79 Å². The number of carbonyl (C=O) groups excluding carboxylic acids is 2. The molecule has 1 saturated heterocycles. The van der Waals surface area contributed by atoms with E-state index in [1.54, 1.807) is 23.1 Å². The number of rotatable bonds is 4. The standard InChI is InChI=1S/C20H23BrN4O4/c1-9(2)16(23-20(28)29-3)19(27)25-14-6-10(14)7-15(25)17-22-13-8-11(21)4-5-12(13)18(26)24-17/h4-5,8-10,14-16H,6-7H2,1-3H3,(H,23,28)(H,22,24,26)/t10-,14-,15+,16?/m1/s1. The molecule has 4 atom stereocenters. The van der Waals surface area contributed by atoms with Gasteiger partial charge >= 0.3 is 6.09 Å². The summed E-state index contributed by atoms with van der Waals surface area (Å²) in [6.45, 7) is 3.75. The molecule has 0 spiro atoms. The Morgan fingerprint density at radius 2 is 2.10 bits per heavy atom. The molecule has 9 heteroatoms. The van der Waals surface area contributed by atoms with Gasteiger partial charge < -0.3 is 19.9 Å². The van der Waals surface area contributed by atoms with Crippen LogP contribution >= 0.6 is 15.9 Å². The number of alkyl carbamates (subject to hydrolysis) is 1. The molecule has 29 heavy (non-hydrogen) atoms. The molecule has 0 bridgehead atoms. The smallest absolute Gasteiger partial charge is 0.407 e. The van der Waals surface area contributed by atoms with Crippen LogP contribution in [-0.2, 0) is 9.53 Å². The minimum absolute atomic E-state index is 0.111. The third kappa shape index (κ3) is 3.63. The summed E-state index contributed by atoms with van der Waals surface area (Å²) in [5, 5.41) is 3.16. The maximum atomic E-state index is 13.4. The van der Waals surface area contributed by atoms with Crippen molar-refractivity contribution < 1.29 is 14.3 Å². The Bertz CT molecular complexity index is 1040. The topological polar surface area (TPSA) is 104 Å². The predicted molar refractivity (Wildman–Crippen MR) is 110 cm³/mol. The lowest BCUT2D eigenvalue weighted by Gasteiger charge is -2.32. The highest BCUT2D eigenvalue weighted by Crippen LogP contribution is 2.53. The SMILES string of the molecule is COC(=O)NC(C(=O)N1[C@@H]2C[C@@H]2C[C@H]1c1nc2cc(Br)ccc2c(=O)[nH]1)C(C)C. The predicted octanol–water partition coefficient (Wildman–Crippen LogP) is 2.73. The Hall–Kier alpha value is -2.42. The Balaban J connectivity index is 1.69. The zero-order valence-electron chi connectivity index (χ0n) is 16.4. The fraction of sp³-hybridized carbons (Fsp3) is 0.500. The van der Waals surface area contributed by atoms with Crippen LogP contribution in [0.2, 0.25) is 0 Å². The van der Waals surface area contributed by atoms with Crippen LogP contribution in [0.1, 0.15) is 38.6 Å². The molecule has 1 aromatic carbocycles. The number of halogens is 1. The van der Waals surface area contributed by atoms with Gasteiger partial charge in [-0.15, -0.1) is 0 Å². The molecule has 154 valence electrons. The van der Waals surface area contributed by atoms with Gasteiger partial charge in [0.05, 0.1) is 24.1 Å². The largest absolute Gasteiger partial charge is 0.453 e. The zero-order chi connectivity index (χ0) is 20.9. The monoisotopic (exact) mass is 462 g/mol. The number of hydrogen-bond donors (Lipinski definition) is 2. The van der Waals surface area contributed by atoms with E-state index >= 15 is 0 Å². The molecular formula is C20H23BrN4O4. The van der Waals surface area contributed by atoms with Crippen LogP contribution in [0.25, 0.3) is 10.9 Å². The van der Waals surface area contributed by atoms with Gasteiger partial charge in [-0.2, -0.15) is 0 Å². The highest BCUT2D eigenvalue weighted by molar-refractivity contribution is 9.10. The Labute approximate surface area is 176 Å². The number of likely N-dealkylation sites (tertiary alicyclic amines) is 1. The number of hydrogen-bond acceptors (Lipinski definition) is 5. The van der Waals surface area contributed by atoms with Crippen LogP contribution in [0.5, 0.6) is 0 Å². The number of amides is 2. The van der Waals surface area contributed by atoms with E-state index < -0.39 is 12.1 Å². The summed E-state index contributed by atoms with van der Waals surface area (Å²) in [4.78, 5) is 47.0. The highest BCUT2D eigenvalue weighted by atomic mass is 79.9. The van der Waals surface area contributed by atoms with E-state index in [9.17, 15) is 14.4 Å². The second kappa shape index (κ2) is 7.44. The van der Waals surface area contributed by atoms with Gasteiger partial charge in [0.15, 0.2) is 0 Å². The molecule has 2 amide bonds. The van der Waals surface area contributed by atoms with E-state index in [4.69, 9.17) is 0 Å². The summed E-state index contributed by atoms with van der Waals surface area (Å²) < 4.78 is 5.51. The van der Waals surface area contributed by atoms with E-state index in [0.29, 0.717) is 22.6 Å². The number of methoxy groups -OCH3 is 1. The van der Waals surface area contributed by atoms with E-state index in [1.165, 1.54) is 7.11 Å². The molecule has 0 radical (unpaired) electrons. The third-order valence-electron chi connectivity index (χ3n) is 5.75. The number of ether oxygens (including phenoxy) is 1.